The van der Waals surface area contributed by atoms with E-state index in [1.165, 1.54) is 11.3 Å². The minimum absolute atomic E-state index is 0.0878. The number of amides is 1. The zero-order valence-electron chi connectivity index (χ0n) is 11.5. The third-order valence-electron chi connectivity index (χ3n) is 3.42. The van der Waals surface area contributed by atoms with Gasteiger partial charge in [-0.25, -0.2) is 4.98 Å². The average molecular weight is 341 g/mol. The summed E-state index contributed by atoms with van der Waals surface area (Å²) in [6.07, 6.45) is 2.72. The van der Waals surface area contributed by atoms with Gasteiger partial charge in [-0.2, -0.15) is 0 Å². The van der Waals surface area contributed by atoms with Gasteiger partial charge in [0.15, 0.2) is 5.13 Å². The molecule has 1 amide bonds. The number of carbonyl (C=O) groups is 1. The first-order chi connectivity index (χ1) is 10.0. The summed E-state index contributed by atoms with van der Waals surface area (Å²) in [6, 6.07) is 5.62. The molecule has 3 rings (SSSR count). The zero-order chi connectivity index (χ0) is 15.0. The van der Waals surface area contributed by atoms with E-state index in [0.29, 0.717) is 15.2 Å². The Morgan fingerprint density at radius 2 is 2.14 bits per heavy atom. The Hall–Kier alpha value is -1.10. The molecule has 1 fully saturated rings. The monoisotopic (exact) mass is 340 g/mol. The van der Waals surface area contributed by atoms with Crippen LogP contribution in [0, 0.1) is 12.8 Å². The van der Waals surface area contributed by atoms with Gasteiger partial charge in [0.2, 0.25) is 5.91 Å². The minimum Gasteiger partial charge on any atom is -0.302 e. The van der Waals surface area contributed by atoms with Crippen LogP contribution in [-0.2, 0) is 11.2 Å². The summed E-state index contributed by atoms with van der Waals surface area (Å²) in [4.78, 5) is 17.3. The van der Waals surface area contributed by atoms with Gasteiger partial charge in [-0.3, -0.25) is 4.79 Å². The molecule has 1 aromatic heterocycles. The predicted molar refractivity (Wildman–Crippen MR) is 87.5 cm³/mol. The third kappa shape index (κ3) is 3.57. The van der Waals surface area contributed by atoms with Gasteiger partial charge in [-0.05, 0) is 37.5 Å². The number of nitrogens with zero attached hydrogens (tertiary/aromatic N) is 1. The second-order valence-corrected chi connectivity index (χ2v) is 7.11. The van der Waals surface area contributed by atoms with Crippen LogP contribution >= 0.6 is 34.5 Å². The summed E-state index contributed by atoms with van der Waals surface area (Å²) in [6.45, 7) is 1.95. The lowest BCUT2D eigenvalue weighted by atomic mass is 10.1. The van der Waals surface area contributed by atoms with Crippen molar-refractivity contribution in [2.75, 3.05) is 5.32 Å². The Kier molecular flexibility index (Phi) is 4.20. The number of rotatable bonds is 4. The van der Waals surface area contributed by atoms with E-state index in [4.69, 9.17) is 23.2 Å². The van der Waals surface area contributed by atoms with Gasteiger partial charge in [0.25, 0.3) is 0 Å². The number of thiazole rings is 1. The number of hydrogen-bond acceptors (Lipinski definition) is 3. The Morgan fingerprint density at radius 1 is 1.38 bits per heavy atom. The highest BCUT2D eigenvalue weighted by molar-refractivity contribution is 7.15. The van der Waals surface area contributed by atoms with E-state index < -0.39 is 0 Å². The van der Waals surface area contributed by atoms with Crippen LogP contribution in [0.4, 0.5) is 5.13 Å². The first-order valence-electron chi connectivity index (χ1n) is 6.74. The molecule has 1 saturated carbocycles. The summed E-state index contributed by atoms with van der Waals surface area (Å²) < 4.78 is 0. The van der Waals surface area contributed by atoms with Crippen molar-refractivity contribution in [2.24, 2.45) is 5.92 Å². The Labute approximate surface area is 137 Å². The maximum atomic E-state index is 11.8. The first-order valence-corrected chi connectivity index (χ1v) is 8.31. The number of carbonyl (C=O) groups excluding carboxylic acids is 1. The first kappa shape index (κ1) is 14.8. The van der Waals surface area contributed by atoms with Crippen LogP contribution in [0.5, 0.6) is 0 Å². The third-order valence-corrected chi connectivity index (χ3v) is 5.23. The van der Waals surface area contributed by atoms with Gasteiger partial charge in [0, 0.05) is 17.2 Å². The van der Waals surface area contributed by atoms with E-state index in [1.54, 1.807) is 6.07 Å². The number of nitrogens with one attached hydrogen (secondary N) is 1. The molecule has 1 heterocycles. The molecule has 2 aromatic rings. The smallest absolute Gasteiger partial charge is 0.229 e. The second kappa shape index (κ2) is 5.95. The molecule has 0 bridgehead atoms. The molecule has 0 saturated heterocycles. The summed E-state index contributed by atoms with van der Waals surface area (Å²) in [5.74, 6) is 0.276. The molecule has 1 aromatic carbocycles. The van der Waals surface area contributed by atoms with Crippen LogP contribution in [0.15, 0.2) is 18.2 Å². The van der Waals surface area contributed by atoms with Crippen LogP contribution in [-0.4, -0.2) is 10.9 Å². The average Bonchev–Trinajstić information content (AvgIpc) is 3.22. The predicted octanol–water partition coefficient (Wildman–Crippen LogP) is 4.70. The van der Waals surface area contributed by atoms with Crippen LogP contribution in [0.25, 0.3) is 0 Å². The van der Waals surface area contributed by atoms with Gasteiger partial charge in [-0.1, -0.05) is 29.3 Å². The number of aromatic nitrogens is 1. The van der Waals surface area contributed by atoms with E-state index in [-0.39, 0.29) is 11.8 Å². The fourth-order valence-electron chi connectivity index (χ4n) is 2.03. The maximum Gasteiger partial charge on any atom is 0.229 e. The van der Waals surface area contributed by atoms with Crippen molar-refractivity contribution in [3.05, 3.63) is 44.4 Å². The highest BCUT2D eigenvalue weighted by Gasteiger charge is 2.30. The number of hydrogen-bond donors (Lipinski definition) is 1. The van der Waals surface area contributed by atoms with Crippen LogP contribution in [0.2, 0.25) is 10.0 Å². The Balaban J connectivity index is 1.74. The topological polar surface area (TPSA) is 42.0 Å². The van der Waals surface area contributed by atoms with Gasteiger partial charge >= 0.3 is 0 Å². The van der Waals surface area contributed by atoms with Gasteiger partial charge < -0.3 is 5.32 Å². The Bertz CT molecular complexity index is 695. The van der Waals surface area contributed by atoms with Gasteiger partial charge in [0.1, 0.15) is 0 Å². The van der Waals surface area contributed by atoms with Crippen molar-refractivity contribution in [2.45, 2.75) is 26.2 Å². The molecule has 1 N–H and O–H groups in total. The zero-order valence-corrected chi connectivity index (χ0v) is 13.8. The van der Waals surface area contributed by atoms with E-state index in [9.17, 15) is 4.79 Å². The highest BCUT2D eigenvalue weighted by Crippen LogP contribution is 2.32. The standard InChI is InChI=1S/C15H14Cl2N2OS/c1-8-13(7-9-2-5-11(16)12(17)6-9)21-15(18-8)19-14(20)10-3-4-10/h2,5-6,10H,3-4,7H2,1H3,(H,18,19,20). The fraction of sp³-hybridized carbons (Fsp3) is 0.333. The van der Waals surface area contributed by atoms with E-state index >= 15 is 0 Å². The molecule has 0 atom stereocenters. The number of benzene rings is 1. The highest BCUT2D eigenvalue weighted by atomic mass is 35.5. The van der Waals surface area contributed by atoms with E-state index in [1.807, 2.05) is 19.1 Å². The quantitative estimate of drug-likeness (QED) is 0.876. The Morgan fingerprint density at radius 3 is 2.81 bits per heavy atom. The summed E-state index contributed by atoms with van der Waals surface area (Å²) in [5, 5.41) is 4.68. The minimum atomic E-state index is 0.0878. The van der Waals surface area contributed by atoms with Crippen molar-refractivity contribution in [1.82, 2.24) is 4.98 Å². The van der Waals surface area contributed by atoms with Crippen LogP contribution in [0.3, 0.4) is 0 Å². The molecule has 6 heteroatoms. The molecule has 110 valence electrons. The number of anilines is 1. The van der Waals surface area contributed by atoms with Crippen molar-refractivity contribution < 1.29 is 4.79 Å². The molecule has 21 heavy (non-hydrogen) atoms. The van der Waals surface area contributed by atoms with Gasteiger partial charge in [-0.15, -0.1) is 11.3 Å². The fourth-order valence-corrected chi connectivity index (χ4v) is 3.35. The molecule has 1 aliphatic carbocycles. The van der Waals surface area contributed by atoms with Crippen molar-refractivity contribution in [1.29, 1.82) is 0 Å². The molecule has 0 radical (unpaired) electrons. The van der Waals surface area contributed by atoms with E-state index in [0.717, 1.165) is 35.4 Å². The lowest BCUT2D eigenvalue weighted by Crippen LogP contribution is -2.12. The molecule has 0 unspecified atom stereocenters. The maximum absolute atomic E-state index is 11.8. The molecule has 0 spiro atoms. The van der Waals surface area contributed by atoms with Crippen LogP contribution in [0.1, 0.15) is 29.0 Å². The van der Waals surface area contributed by atoms with Crippen LogP contribution < -0.4 is 5.32 Å². The molecular weight excluding hydrogens is 327 g/mol. The second-order valence-electron chi connectivity index (χ2n) is 5.22. The molecule has 3 nitrogen and oxygen atoms in total. The largest absolute Gasteiger partial charge is 0.302 e. The summed E-state index contributed by atoms with van der Waals surface area (Å²) in [5.41, 5.74) is 2.02. The number of halogens is 2. The SMILES string of the molecule is Cc1nc(NC(=O)C2CC2)sc1Cc1ccc(Cl)c(Cl)c1. The molecule has 1 aliphatic rings. The lowest BCUT2D eigenvalue weighted by Gasteiger charge is -2.02. The molecule has 0 aliphatic heterocycles. The summed E-state index contributed by atoms with van der Waals surface area (Å²) in [7, 11) is 0. The van der Waals surface area contributed by atoms with E-state index in [2.05, 4.69) is 10.3 Å². The van der Waals surface area contributed by atoms with Crippen molar-refractivity contribution in [3.8, 4) is 0 Å². The summed E-state index contributed by atoms with van der Waals surface area (Å²) >= 11 is 13.5. The van der Waals surface area contributed by atoms with Crippen molar-refractivity contribution in [3.63, 3.8) is 0 Å². The molecular formula is C15H14Cl2N2OS. The van der Waals surface area contributed by atoms with Gasteiger partial charge in [0.05, 0.1) is 15.7 Å². The lowest BCUT2D eigenvalue weighted by molar-refractivity contribution is -0.117. The normalized spacial score (nSPS) is 14.2. The number of aryl methyl sites for hydroxylation is 1. The van der Waals surface area contributed by atoms with Crippen molar-refractivity contribution >= 4 is 45.6 Å².